The van der Waals surface area contributed by atoms with Crippen molar-refractivity contribution in [2.24, 2.45) is 0 Å². The van der Waals surface area contributed by atoms with Crippen LogP contribution in [0.25, 0.3) is 0 Å². The Balaban J connectivity index is 1.30. The van der Waals surface area contributed by atoms with Gasteiger partial charge in [0.05, 0.1) is 20.6 Å². The molecule has 33 heavy (non-hydrogen) atoms. The minimum atomic E-state index is -0.342. The fourth-order valence-corrected chi connectivity index (χ4v) is 4.93. The number of hydrogen-bond donors (Lipinski definition) is 1. The summed E-state index contributed by atoms with van der Waals surface area (Å²) in [7, 11) is 0. The highest BCUT2D eigenvalue weighted by molar-refractivity contribution is 7.12. The molecule has 1 aliphatic heterocycles. The van der Waals surface area contributed by atoms with Gasteiger partial charge in [0.1, 0.15) is 5.75 Å². The van der Waals surface area contributed by atoms with E-state index in [0.717, 1.165) is 10.6 Å². The Morgan fingerprint density at radius 2 is 1.76 bits per heavy atom. The van der Waals surface area contributed by atoms with Crippen LogP contribution in [0.1, 0.15) is 9.67 Å². The van der Waals surface area contributed by atoms with Gasteiger partial charge >= 0.3 is 0 Å². The number of carbonyl (C=O) groups excluding carboxylic acids is 2. The predicted molar refractivity (Wildman–Crippen MR) is 134 cm³/mol. The molecule has 0 unspecified atom stereocenters. The SMILES string of the molecule is O=C(COc1ccc(Cl)cc1Cl)Nc1ccc(N2CCN(C(=O)c3cccs3)CC2)c(Cl)c1. The molecule has 10 heteroatoms. The molecule has 0 radical (unpaired) electrons. The third-order valence-electron chi connectivity index (χ3n) is 5.12. The number of hydrogen-bond acceptors (Lipinski definition) is 5. The second kappa shape index (κ2) is 10.7. The maximum atomic E-state index is 12.5. The lowest BCUT2D eigenvalue weighted by Crippen LogP contribution is -2.48. The van der Waals surface area contributed by atoms with E-state index in [-0.39, 0.29) is 18.4 Å². The summed E-state index contributed by atoms with van der Waals surface area (Å²) in [6.45, 7) is 2.39. The number of nitrogens with one attached hydrogen (secondary N) is 1. The first-order chi connectivity index (χ1) is 15.9. The van der Waals surface area contributed by atoms with E-state index in [0.29, 0.717) is 52.7 Å². The van der Waals surface area contributed by atoms with Crippen LogP contribution in [0.15, 0.2) is 53.9 Å². The van der Waals surface area contributed by atoms with Crippen LogP contribution in [-0.2, 0) is 4.79 Å². The summed E-state index contributed by atoms with van der Waals surface area (Å²) in [5.74, 6) is 0.0998. The highest BCUT2D eigenvalue weighted by Crippen LogP contribution is 2.30. The third kappa shape index (κ3) is 5.92. The fourth-order valence-electron chi connectivity index (χ4n) is 3.48. The molecule has 4 rings (SSSR count). The molecule has 1 aromatic heterocycles. The van der Waals surface area contributed by atoms with Gasteiger partial charge in [-0.25, -0.2) is 0 Å². The fraction of sp³-hybridized carbons (Fsp3) is 0.217. The lowest BCUT2D eigenvalue weighted by Gasteiger charge is -2.36. The Hall–Kier alpha value is -2.45. The number of ether oxygens (including phenoxy) is 1. The first-order valence-corrected chi connectivity index (χ1v) is 12.2. The van der Waals surface area contributed by atoms with Gasteiger partial charge in [-0.3, -0.25) is 9.59 Å². The van der Waals surface area contributed by atoms with Gasteiger partial charge in [0.15, 0.2) is 6.61 Å². The van der Waals surface area contributed by atoms with Crippen molar-refractivity contribution in [3.8, 4) is 5.75 Å². The van der Waals surface area contributed by atoms with Gasteiger partial charge in [0.25, 0.3) is 11.8 Å². The molecule has 2 aromatic carbocycles. The number of thiophene rings is 1. The van der Waals surface area contributed by atoms with E-state index in [9.17, 15) is 9.59 Å². The van der Waals surface area contributed by atoms with Gasteiger partial charge in [-0.05, 0) is 47.8 Å². The zero-order valence-corrected chi connectivity index (χ0v) is 20.5. The van der Waals surface area contributed by atoms with E-state index in [1.807, 2.05) is 28.5 Å². The van der Waals surface area contributed by atoms with E-state index < -0.39 is 0 Å². The molecule has 1 aliphatic rings. The van der Waals surface area contributed by atoms with E-state index >= 15 is 0 Å². The van der Waals surface area contributed by atoms with Crippen LogP contribution >= 0.6 is 46.1 Å². The summed E-state index contributed by atoms with van der Waals surface area (Å²) in [4.78, 5) is 29.5. The number of carbonyl (C=O) groups is 2. The van der Waals surface area contributed by atoms with Crippen LogP contribution in [-0.4, -0.2) is 49.5 Å². The van der Waals surface area contributed by atoms with Crippen LogP contribution in [0, 0.1) is 0 Å². The Bertz CT molecular complexity index is 1150. The standard InChI is InChI=1S/C23H20Cl3N3O3S/c24-15-3-6-20(18(26)12-15)32-14-22(30)27-16-4-5-19(17(25)13-16)28-7-9-29(10-8-28)23(31)21-2-1-11-33-21/h1-6,11-13H,7-10,14H2,(H,27,30). The molecule has 0 atom stereocenters. The Morgan fingerprint density at radius 1 is 0.970 bits per heavy atom. The van der Waals surface area contributed by atoms with Crippen molar-refractivity contribution in [1.29, 1.82) is 0 Å². The maximum Gasteiger partial charge on any atom is 0.264 e. The van der Waals surface area contributed by atoms with Crippen LogP contribution < -0.4 is 15.0 Å². The number of halogens is 3. The minimum Gasteiger partial charge on any atom is -0.482 e. The summed E-state index contributed by atoms with van der Waals surface area (Å²) < 4.78 is 5.46. The lowest BCUT2D eigenvalue weighted by molar-refractivity contribution is -0.118. The van der Waals surface area contributed by atoms with Gasteiger partial charge < -0.3 is 19.9 Å². The van der Waals surface area contributed by atoms with Gasteiger partial charge in [0, 0.05) is 36.9 Å². The molecular weight excluding hydrogens is 505 g/mol. The van der Waals surface area contributed by atoms with Crippen molar-refractivity contribution in [3.63, 3.8) is 0 Å². The van der Waals surface area contributed by atoms with Gasteiger partial charge in [-0.15, -0.1) is 11.3 Å². The second-order valence-electron chi connectivity index (χ2n) is 7.33. The van der Waals surface area contributed by atoms with Crippen molar-refractivity contribution in [3.05, 3.63) is 73.9 Å². The highest BCUT2D eigenvalue weighted by atomic mass is 35.5. The molecule has 2 heterocycles. The summed E-state index contributed by atoms with van der Waals surface area (Å²) >= 11 is 19.9. The van der Waals surface area contributed by atoms with Gasteiger partial charge in [-0.2, -0.15) is 0 Å². The molecule has 0 bridgehead atoms. The first-order valence-electron chi connectivity index (χ1n) is 10.2. The number of nitrogens with zero attached hydrogens (tertiary/aromatic N) is 2. The largest absolute Gasteiger partial charge is 0.482 e. The zero-order chi connectivity index (χ0) is 23.4. The average molecular weight is 525 g/mol. The number of benzene rings is 2. The number of piperazine rings is 1. The maximum absolute atomic E-state index is 12.5. The minimum absolute atomic E-state index is 0.0657. The van der Waals surface area contributed by atoms with Crippen molar-refractivity contribution in [1.82, 2.24) is 4.90 Å². The summed E-state index contributed by atoms with van der Waals surface area (Å²) in [6, 6.07) is 13.9. The lowest BCUT2D eigenvalue weighted by atomic mass is 10.2. The molecule has 2 amide bonds. The predicted octanol–water partition coefficient (Wildman–Crippen LogP) is 5.69. The summed E-state index contributed by atoms with van der Waals surface area (Å²) in [6.07, 6.45) is 0. The average Bonchev–Trinajstić information content (AvgIpc) is 3.33. The molecule has 172 valence electrons. The van der Waals surface area contributed by atoms with Crippen LogP contribution in [0.2, 0.25) is 15.1 Å². The number of anilines is 2. The normalized spacial score (nSPS) is 13.7. The third-order valence-corrected chi connectivity index (χ3v) is 6.81. The quantitative estimate of drug-likeness (QED) is 0.450. The second-order valence-corrected chi connectivity index (χ2v) is 9.53. The van der Waals surface area contributed by atoms with E-state index in [4.69, 9.17) is 39.5 Å². The summed E-state index contributed by atoms with van der Waals surface area (Å²) in [5, 5.41) is 6.01. The molecule has 3 aromatic rings. The van der Waals surface area contributed by atoms with E-state index in [2.05, 4.69) is 10.2 Å². The topological polar surface area (TPSA) is 61.9 Å². The van der Waals surface area contributed by atoms with E-state index in [1.54, 1.807) is 30.3 Å². The molecule has 1 fully saturated rings. The Labute approximate surface area is 210 Å². The molecule has 1 saturated heterocycles. The molecule has 0 saturated carbocycles. The Kier molecular flexibility index (Phi) is 7.65. The van der Waals surface area contributed by atoms with Crippen molar-refractivity contribution in [2.45, 2.75) is 0 Å². The monoisotopic (exact) mass is 523 g/mol. The van der Waals surface area contributed by atoms with Gasteiger partial charge in [0.2, 0.25) is 0 Å². The highest BCUT2D eigenvalue weighted by Gasteiger charge is 2.24. The molecule has 6 nitrogen and oxygen atoms in total. The number of rotatable bonds is 6. The van der Waals surface area contributed by atoms with Crippen LogP contribution in [0.3, 0.4) is 0 Å². The molecule has 1 N–H and O–H groups in total. The first kappa shape index (κ1) is 23.7. The Morgan fingerprint density at radius 3 is 2.42 bits per heavy atom. The van der Waals surface area contributed by atoms with Crippen molar-refractivity contribution < 1.29 is 14.3 Å². The summed E-state index contributed by atoms with van der Waals surface area (Å²) in [5.41, 5.74) is 1.42. The zero-order valence-electron chi connectivity index (χ0n) is 17.4. The smallest absolute Gasteiger partial charge is 0.264 e. The van der Waals surface area contributed by atoms with Crippen LogP contribution in [0.5, 0.6) is 5.75 Å². The molecule has 0 spiro atoms. The van der Waals surface area contributed by atoms with Gasteiger partial charge in [-0.1, -0.05) is 40.9 Å². The number of amides is 2. The van der Waals surface area contributed by atoms with Crippen molar-refractivity contribution in [2.75, 3.05) is 43.0 Å². The van der Waals surface area contributed by atoms with Crippen molar-refractivity contribution >= 4 is 69.3 Å². The molecule has 0 aliphatic carbocycles. The molecular formula is C23H20Cl3N3O3S. The van der Waals surface area contributed by atoms with E-state index in [1.165, 1.54) is 11.3 Å². The van der Waals surface area contributed by atoms with Crippen LogP contribution in [0.4, 0.5) is 11.4 Å².